The van der Waals surface area contributed by atoms with Gasteiger partial charge in [-0.05, 0) is 70.8 Å². The molecule has 0 radical (unpaired) electrons. The van der Waals surface area contributed by atoms with E-state index in [0.29, 0.717) is 44.8 Å². The molecule has 1 atom stereocenters. The lowest BCUT2D eigenvalue weighted by molar-refractivity contribution is -0.116. The first kappa shape index (κ1) is 30.9. The summed E-state index contributed by atoms with van der Waals surface area (Å²) < 4.78 is 61.8. The third kappa shape index (κ3) is 6.93. The SMILES string of the molecule is Nc1ccc(/C=C/C(=O)NCc2cc3cc(-c4ccc(C(O)N5CCC(F)(F)CC5)cc4)cc(-c4ccc(F)nc4F)c3o2)cn1. The number of hydrogen-bond donors (Lipinski definition) is 3. The number of amides is 1. The summed E-state index contributed by atoms with van der Waals surface area (Å²) >= 11 is 0. The number of benzene rings is 2. The molecule has 236 valence electrons. The van der Waals surface area contributed by atoms with E-state index in [2.05, 4.69) is 15.3 Å². The van der Waals surface area contributed by atoms with Crippen molar-refractivity contribution < 1.29 is 31.9 Å². The number of aliphatic hydroxyl groups is 1. The highest BCUT2D eigenvalue weighted by atomic mass is 19.3. The van der Waals surface area contributed by atoms with Gasteiger partial charge in [-0.2, -0.15) is 13.8 Å². The van der Waals surface area contributed by atoms with Crippen molar-refractivity contribution in [3.63, 3.8) is 0 Å². The molecular formula is C34H29F4N5O3. The second kappa shape index (κ2) is 12.7. The highest BCUT2D eigenvalue weighted by Crippen LogP contribution is 2.38. The van der Waals surface area contributed by atoms with Gasteiger partial charge >= 0.3 is 0 Å². The molecule has 0 spiro atoms. The average Bonchev–Trinajstić information content (AvgIpc) is 3.46. The van der Waals surface area contributed by atoms with Crippen LogP contribution < -0.4 is 11.1 Å². The standard InChI is InChI=1S/C34H29F4N5O3/c35-28-8-7-26(32(36)42-28)27-17-23(21-3-5-22(6-4-21)33(45)43-13-11-34(37,38)12-14-43)15-24-16-25(46-31(24)27)19-41-30(44)10-2-20-1-9-29(39)40-18-20/h1-10,15-18,33,45H,11-14,19H2,(H2,39,40)(H,41,44)/b10-2+. The topological polar surface area (TPSA) is 118 Å². The summed E-state index contributed by atoms with van der Waals surface area (Å²) in [6, 6.07) is 17.9. The van der Waals surface area contributed by atoms with Crippen molar-refractivity contribution in [1.29, 1.82) is 0 Å². The summed E-state index contributed by atoms with van der Waals surface area (Å²) in [5.74, 6) is -4.33. The summed E-state index contributed by atoms with van der Waals surface area (Å²) in [4.78, 5) is 21.4. The van der Waals surface area contributed by atoms with Crippen molar-refractivity contribution in [2.24, 2.45) is 0 Å². The molecule has 1 amide bonds. The lowest BCUT2D eigenvalue weighted by Crippen LogP contribution is -2.41. The van der Waals surface area contributed by atoms with Crippen LogP contribution in [0.5, 0.6) is 0 Å². The van der Waals surface area contributed by atoms with Crippen LogP contribution in [0.1, 0.15) is 36.0 Å². The minimum absolute atomic E-state index is 0.0205. The van der Waals surface area contributed by atoms with Crippen LogP contribution in [0.4, 0.5) is 23.4 Å². The number of aromatic nitrogens is 2. The number of anilines is 1. The van der Waals surface area contributed by atoms with Crippen LogP contribution in [0, 0.1) is 11.9 Å². The number of halogens is 4. The number of hydrogen-bond acceptors (Lipinski definition) is 7. The second-order valence-corrected chi connectivity index (χ2v) is 11.1. The van der Waals surface area contributed by atoms with Crippen LogP contribution in [0.3, 0.4) is 0 Å². The molecule has 1 aliphatic rings. The van der Waals surface area contributed by atoms with Crippen molar-refractivity contribution in [2.45, 2.75) is 31.5 Å². The Balaban J connectivity index is 1.26. The number of nitrogens with zero attached hydrogens (tertiary/aromatic N) is 3. The second-order valence-electron chi connectivity index (χ2n) is 11.1. The fourth-order valence-corrected chi connectivity index (χ4v) is 5.35. The highest BCUT2D eigenvalue weighted by molar-refractivity contribution is 5.97. The Hall–Kier alpha value is -5.07. The third-order valence-electron chi connectivity index (χ3n) is 7.86. The molecule has 46 heavy (non-hydrogen) atoms. The summed E-state index contributed by atoms with van der Waals surface area (Å²) in [7, 11) is 0. The van der Waals surface area contributed by atoms with Crippen LogP contribution in [0.25, 0.3) is 39.3 Å². The van der Waals surface area contributed by atoms with E-state index < -0.39 is 24.0 Å². The smallest absolute Gasteiger partial charge is 0.250 e. The number of aliphatic hydroxyl groups excluding tert-OH is 1. The van der Waals surface area contributed by atoms with Gasteiger partial charge in [-0.3, -0.25) is 9.69 Å². The molecular weight excluding hydrogens is 602 g/mol. The van der Waals surface area contributed by atoms with Gasteiger partial charge < -0.3 is 20.6 Å². The van der Waals surface area contributed by atoms with Gasteiger partial charge in [-0.1, -0.05) is 24.3 Å². The summed E-state index contributed by atoms with van der Waals surface area (Å²) in [5.41, 5.74) is 8.88. The minimum Gasteiger partial charge on any atom is -0.459 e. The molecule has 0 bridgehead atoms. The van der Waals surface area contributed by atoms with Gasteiger partial charge in [0.2, 0.25) is 17.8 Å². The van der Waals surface area contributed by atoms with Gasteiger partial charge in [0, 0.05) is 54.7 Å². The molecule has 4 heterocycles. The van der Waals surface area contributed by atoms with E-state index in [-0.39, 0.29) is 43.9 Å². The van der Waals surface area contributed by atoms with Crippen molar-refractivity contribution in [3.8, 4) is 22.3 Å². The van der Waals surface area contributed by atoms with Crippen molar-refractivity contribution in [2.75, 3.05) is 18.8 Å². The minimum atomic E-state index is -2.72. The zero-order valence-corrected chi connectivity index (χ0v) is 24.4. The lowest BCUT2D eigenvalue weighted by atomic mass is 9.96. The Labute approximate surface area is 261 Å². The van der Waals surface area contributed by atoms with Crippen molar-refractivity contribution in [3.05, 3.63) is 108 Å². The van der Waals surface area contributed by atoms with E-state index in [0.717, 1.165) is 11.6 Å². The van der Waals surface area contributed by atoms with Crippen LogP contribution in [0.15, 0.2) is 83.4 Å². The average molecular weight is 632 g/mol. The Morgan fingerprint density at radius 3 is 2.48 bits per heavy atom. The number of alkyl halides is 2. The monoisotopic (exact) mass is 631 g/mol. The molecule has 8 nitrogen and oxygen atoms in total. The number of nitrogens with two attached hydrogens (primary N) is 1. The van der Waals surface area contributed by atoms with E-state index in [9.17, 15) is 27.5 Å². The molecule has 5 aromatic rings. The molecule has 6 rings (SSSR count). The fraction of sp³-hybridized carbons (Fsp3) is 0.206. The maximum atomic E-state index is 14.9. The molecule has 4 N–H and O–H groups in total. The Morgan fingerprint density at radius 2 is 1.78 bits per heavy atom. The number of nitrogens with one attached hydrogen (secondary N) is 1. The molecule has 1 saturated heterocycles. The summed E-state index contributed by atoms with van der Waals surface area (Å²) in [5, 5.41) is 14.1. The van der Waals surface area contributed by atoms with Crippen molar-refractivity contribution >= 4 is 28.8 Å². The van der Waals surface area contributed by atoms with Gasteiger partial charge in [0.25, 0.3) is 5.92 Å². The molecule has 1 unspecified atom stereocenters. The van der Waals surface area contributed by atoms with Crippen molar-refractivity contribution in [1.82, 2.24) is 20.2 Å². The predicted molar refractivity (Wildman–Crippen MR) is 165 cm³/mol. The van der Waals surface area contributed by atoms with Gasteiger partial charge in [-0.15, -0.1) is 0 Å². The first-order valence-electron chi connectivity index (χ1n) is 14.5. The quantitative estimate of drug-likeness (QED) is 0.102. The van der Waals surface area contributed by atoms with Crippen LogP contribution in [0.2, 0.25) is 0 Å². The Kier molecular flexibility index (Phi) is 8.57. The number of nitrogen functional groups attached to an aromatic ring is 1. The Morgan fingerprint density at radius 1 is 1.02 bits per heavy atom. The van der Waals surface area contributed by atoms with E-state index >= 15 is 0 Å². The molecule has 12 heteroatoms. The number of furan rings is 1. The summed E-state index contributed by atoms with van der Waals surface area (Å²) in [6.07, 6.45) is 2.81. The zero-order chi connectivity index (χ0) is 32.4. The summed E-state index contributed by atoms with van der Waals surface area (Å²) in [6.45, 7) is 0.186. The van der Waals surface area contributed by atoms with E-state index in [1.165, 1.54) is 18.3 Å². The third-order valence-corrected chi connectivity index (χ3v) is 7.86. The molecule has 3 aromatic heterocycles. The number of carbonyl (C=O) groups is 1. The lowest BCUT2D eigenvalue weighted by Gasteiger charge is -2.35. The Bertz CT molecular complexity index is 1900. The first-order valence-corrected chi connectivity index (χ1v) is 14.5. The maximum Gasteiger partial charge on any atom is 0.250 e. The predicted octanol–water partition coefficient (Wildman–Crippen LogP) is 6.47. The fourth-order valence-electron chi connectivity index (χ4n) is 5.35. The van der Waals surface area contributed by atoms with Gasteiger partial charge in [0.1, 0.15) is 23.4 Å². The number of likely N-dealkylation sites (tertiary alicyclic amines) is 1. The van der Waals surface area contributed by atoms with Gasteiger partial charge in [-0.25, -0.2) is 13.8 Å². The molecule has 2 aromatic carbocycles. The molecule has 0 saturated carbocycles. The number of fused-ring (bicyclic) bond motifs is 1. The zero-order valence-electron chi connectivity index (χ0n) is 24.4. The normalized spacial score (nSPS) is 15.8. The maximum absolute atomic E-state index is 14.9. The van der Waals surface area contributed by atoms with Gasteiger partial charge in [0.05, 0.1) is 6.54 Å². The molecule has 1 fully saturated rings. The molecule has 1 aliphatic heterocycles. The highest BCUT2D eigenvalue weighted by Gasteiger charge is 2.36. The van der Waals surface area contributed by atoms with E-state index in [1.54, 1.807) is 59.5 Å². The van der Waals surface area contributed by atoms with E-state index in [4.69, 9.17) is 10.2 Å². The van der Waals surface area contributed by atoms with E-state index in [1.807, 2.05) is 6.07 Å². The number of carbonyl (C=O) groups excluding carboxylic acids is 1. The van der Waals surface area contributed by atoms with Gasteiger partial charge in [0.15, 0.2) is 0 Å². The molecule has 0 aliphatic carbocycles. The number of pyridine rings is 2. The van der Waals surface area contributed by atoms with Crippen LogP contribution >= 0.6 is 0 Å². The number of piperidine rings is 1. The largest absolute Gasteiger partial charge is 0.459 e. The number of rotatable bonds is 8. The van der Waals surface area contributed by atoms with Crippen LogP contribution in [-0.2, 0) is 11.3 Å². The first-order chi connectivity index (χ1) is 22.0. The van der Waals surface area contributed by atoms with Crippen LogP contribution in [-0.4, -0.2) is 44.9 Å².